The minimum Gasteiger partial charge on any atom is -0.328 e. The predicted octanol–water partition coefficient (Wildman–Crippen LogP) is 2.40. The molecular weight excluding hydrogens is 208 g/mol. The molecule has 0 aromatic heterocycles. The van der Waals surface area contributed by atoms with Gasteiger partial charge in [-0.1, -0.05) is 30.3 Å². The third-order valence-corrected chi connectivity index (χ3v) is 4.24. The van der Waals surface area contributed by atoms with Crippen LogP contribution in [0.1, 0.15) is 43.6 Å². The molecule has 3 N–H and O–H groups in total. The molecular formula is C15H22N2. The third-order valence-electron chi connectivity index (χ3n) is 4.24. The van der Waals surface area contributed by atoms with Gasteiger partial charge in [0.1, 0.15) is 0 Å². The van der Waals surface area contributed by atoms with Crippen molar-refractivity contribution in [2.45, 2.75) is 56.1 Å². The lowest BCUT2D eigenvalue weighted by molar-refractivity contribution is 0.339. The van der Waals surface area contributed by atoms with Crippen molar-refractivity contribution < 1.29 is 0 Å². The zero-order chi connectivity index (χ0) is 11.7. The van der Waals surface area contributed by atoms with Gasteiger partial charge in [0, 0.05) is 24.0 Å². The number of hydrogen-bond donors (Lipinski definition) is 2. The van der Waals surface area contributed by atoms with Crippen molar-refractivity contribution in [2.24, 2.45) is 5.73 Å². The first-order chi connectivity index (χ1) is 8.33. The Balaban J connectivity index is 1.49. The molecule has 2 nitrogen and oxygen atoms in total. The maximum Gasteiger partial charge on any atom is 0.0145 e. The van der Waals surface area contributed by atoms with Crippen LogP contribution < -0.4 is 11.1 Å². The molecule has 2 fully saturated rings. The van der Waals surface area contributed by atoms with Crippen LogP contribution >= 0.6 is 0 Å². The molecule has 17 heavy (non-hydrogen) atoms. The lowest BCUT2D eigenvalue weighted by atomic mass is 9.92. The van der Waals surface area contributed by atoms with E-state index in [-0.39, 0.29) is 0 Å². The monoisotopic (exact) mass is 230 g/mol. The average molecular weight is 230 g/mol. The van der Waals surface area contributed by atoms with E-state index in [0.29, 0.717) is 12.1 Å². The first-order valence-corrected chi connectivity index (χ1v) is 6.89. The maximum absolute atomic E-state index is 5.93. The number of rotatable bonds is 3. The normalized spacial score (nSPS) is 36.8. The molecule has 0 bridgehead atoms. The summed E-state index contributed by atoms with van der Waals surface area (Å²) >= 11 is 0. The first-order valence-electron chi connectivity index (χ1n) is 6.89. The van der Waals surface area contributed by atoms with Gasteiger partial charge in [-0.25, -0.2) is 0 Å². The summed E-state index contributed by atoms with van der Waals surface area (Å²) in [6, 6.07) is 12.8. The zero-order valence-electron chi connectivity index (χ0n) is 10.3. The third kappa shape index (κ3) is 2.70. The number of nitrogens with one attached hydrogen (secondary N) is 1. The van der Waals surface area contributed by atoms with Crippen LogP contribution in [0.3, 0.4) is 0 Å². The van der Waals surface area contributed by atoms with E-state index in [2.05, 4.69) is 35.6 Å². The van der Waals surface area contributed by atoms with E-state index >= 15 is 0 Å². The highest BCUT2D eigenvalue weighted by Crippen LogP contribution is 2.41. The lowest BCUT2D eigenvalue weighted by Gasteiger charge is -2.27. The van der Waals surface area contributed by atoms with E-state index in [1.54, 1.807) is 0 Å². The zero-order valence-corrected chi connectivity index (χ0v) is 10.3. The van der Waals surface area contributed by atoms with Crippen LogP contribution in [0, 0.1) is 0 Å². The summed E-state index contributed by atoms with van der Waals surface area (Å²) in [7, 11) is 0. The molecule has 0 radical (unpaired) electrons. The maximum atomic E-state index is 5.93. The Hall–Kier alpha value is -0.860. The predicted molar refractivity (Wildman–Crippen MR) is 71.0 cm³/mol. The largest absolute Gasteiger partial charge is 0.328 e. The highest BCUT2D eigenvalue weighted by Gasteiger charge is 2.39. The molecule has 0 unspecified atom stereocenters. The molecule has 3 rings (SSSR count). The van der Waals surface area contributed by atoms with Crippen LogP contribution in [0.2, 0.25) is 0 Å². The van der Waals surface area contributed by atoms with E-state index < -0.39 is 0 Å². The summed E-state index contributed by atoms with van der Waals surface area (Å²) in [4.78, 5) is 0. The van der Waals surface area contributed by atoms with Crippen molar-refractivity contribution in [3.8, 4) is 0 Å². The van der Waals surface area contributed by atoms with Crippen LogP contribution in [-0.4, -0.2) is 18.1 Å². The summed E-state index contributed by atoms with van der Waals surface area (Å²) < 4.78 is 0. The van der Waals surface area contributed by atoms with Crippen molar-refractivity contribution in [2.75, 3.05) is 0 Å². The molecule has 92 valence electrons. The van der Waals surface area contributed by atoms with Gasteiger partial charge >= 0.3 is 0 Å². The van der Waals surface area contributed by atoms with Gasteiger partial charge in [0.05, 0.1) is 0 Å². The SMILES string of the molecule is N[C@H]1CC[C@@H](N[C@H]2C[C@@H]2c2ccccc2)CC1. The van der Waals surface area contributed by atoms with Crippen molar-refractivity contribution in [3.05, 3.63) is 35.9 Å². The summed E-state index contributed by atoms with van der Waals surface area (Å²) in [5.41, 5.74) is 7.43. The fraction of sp³-hybridized carbons (Fsp3) is 0.600. The smallest absolute Gasteiger partial charge is 0.0145 e. The molecule has 0 heterocycles. The highest BCUT2D eigenvalue weighted by atomic mass is 15.0. The molecule has 2 saturated carbocycles. The Labute approximate surface area is 104 Å². The van der Waals surface area contributed by atoms with Crippen LogP contribution in [0.4, 0.5) is 0 Å². The van der Waals surface area contributed by atoms with Gasteiger partial charge in [0.25, 0.3) is 0 Å². The van der Waals surface area contributed by atoms with Crippen LogP contribution in [0.25, 0.3) is 0 Å². The van der Waals surface area contributed by atoms with Gasteiger partial charge in [0.15, 0.2) is 0 Å². The minimum atomic E-state index is 0.456. The Bertz CT molecular complexity index is 354. The Morgan fingerprint density at radius 3 is 2.41 bits per heavy atom. The molecule has 0 amide bonds. The second-order valence-corrected chi connectivity index (χ2v) is 5.64. The molecule has 2 heteroatoms. The van der Waals surface area contributed by atoms with Crippen LogP contribution in [-0.2, 0) is 0 Å². The topological polar surface area (TPSA) is 38.0 Å². The summed E-state index contributed by atoms with van der Waals surface area (Å²) in [6.07, 6.45) is 6.23. The highest BCUT2D eigenvalue weighted by molar-refractivity contribution is 5.27. The number of benzene rings is 1. The van der Waals surface area contributed by atoms with Gasteiger partial charge in [-0.05, 0) is 37.7 Å². The molecule has 2 aliphatic carbocycles. The molecule has 2 aliphatic rings. The Kier molecular flexibility index (Phi) is 3.17. The van der Waals surface area contributed by atoms with Crippen LogP contribution in [0.15, 0.2) is 30.3 Å². The van der Waals surface area contributed by atoms with Gasteiger partial charge in [0.2, 0.25) is 0 Å². The lowest BCUT2D eigenvalue weighted by Crippen LogP contribution is -2.38. The molecule has 1 aromatic rings. The molecule has 2 atom stereocenters. The van der Waals surface area contributed by atoms with E-state index in [4.69, 9.17) is 5.73 Å². The Morgan fingerprint density at radius 1 is 1.00 bits per heavy atom. The first kappa shape index (κ1) is 11.2. The quantitative estimate of drug-likeness (QED) is 0.837. The molecule has 0 saturated heterocycles. The number of nitrogens with two attached hydrogens (primary N) is 1. The van der Waals surface area contributed by atoms with Crippen molar-refractivity contribution in [1.29, 1.82) is 0 Å². The molecule has 0 spiro atoms. The minimum absolute atomic E-state index is 0.456. The van der Waals surface area contributed by atoms with Gasteiger partial charge in [-0.2, -0.15) is 0 Å². The Morgan fingerprint density at radius 2 is 1.71 bits per heavy atom. The summed E-state index contributed by atoms with van der Waals surface area (Å²) in [6.45, 7) is 0. The fourth-order valence-electron chi connectivity index (χ4n) is 3.04. The average Bonchev–Trinajstić information content (AvgIpc) is 3.13. The van der Waals surface area contributed by atoms with Gasteiger partial charge in [-0.3, -0.25) is 0 Å². The fourth-order valence-corrected chi connectivity index (χ4v) is 3.04. The second kappa shape index (κ2) is 4.79. The summed E-state index contributed by atoms with van der Waals surface area (Å²) in [5.74, 6) is 0.756. The standard InChI is InChI=1S/C15H22N2/c16-12-6-8-13(9-7-12)17-15-10-14(15)11-4-2-1-3-5-11/h1-5,12-15,17H,6-10,16H2/t12-,13+,14-,15+/m1/s1. The number of hydrogen-bond acceptors (Lipinski definition) is 2. The molecule has 1 aromatic carbocycles. The van der Waals surface area contributed by atoms with Crippen molar-refractivity contribution in [3.63, 3.8) is 0 Å². The van der Waals surface area contributed by atoms with Crippen molar-refractivity contribution in [1.82, 2.24) is 5.32 Å². The van der Waals surface area contributed by atoms with Gasteiger partial charge in [-0.15, -0.1) is 0 Å². The molecule has 0 aliphatic heterocycles. The van der Waals surface area contributed by atoms with Crippen LogP contribution in [0.5, 0.6) is 0 Å². The van der Waals surface area contributed by atoms with Crippen molar-refractivity contribution >= 4 is 0 Å². The van der Waals surface area contributed by atoms with E-state index in [0.717, 1.165) is 12.0 Å². The second-order valence-electron chi connectivity index (χ2n) is 5.64. The van der Waals surface area contributed by atoms with E-state index in [1.165, 1.54) is 37.7 Å². The van der Waals surface area contributed by atoms with E-state index in [1.807, 2.05) is 0 Å². The summed E-state index contributed by atoms with van der Waals surface area (Å²) in [5, 5.41) is 3.81. The van der Waals surface area contributed by atoms with E-state index in [9.17, 15) is 0 Å². The van der Waals surface area contributed by atoms with Gasteiger partial charge < -0.3 is 11.1 Å².